The third-order valence-electron chi connectivity index (χ3n) is 4.64. The Morgan fingerprint density at radius 3 is 2.84 bits per heavy atom. The van der Waals surface area contributed by atoms with E-state index in [9.17, 15) is 4.79 Å². The summed E-state index contributed by atoms with van der Waals surface area (Å²) in [6.07, 6.45) is 2.76. The maximum absolute atomic E-state index is 12.1. The van der Waals surface area contributed by atoms with Crippen LogP contribution in [0.1, 0.15) is 36.3 Å². The standard InChI is InChI=1S/C19H15NO5/c1-10-6-13(10)15-5-3-12(24-15)8-14-19(21)25-18(20-14)11-2-4-16-17(7-11)23-9-22-16/h2-5,7-8,10,13H,6,9H2,1H3. The largest absolute Gasteiger partial charge is 0.461 e. The van der Waals surface area contributed by atoms with Crippen molar-refractivity contribution in [3.8, 4) is 11.5 Å². The predicted molar refractivity (Wildman–Crippen MR) is 88.4 cm³/mol. The molecule has 1 aromatic carbocycles. The molecule has 6 heteroatoms. The Morgan fingerprint density at radius 1 is 1.16 bits per heavy atom. The van der Waals surface area contributed by atoms with Crippen LogP contribution < -0.4 is 9.47 Å². The first-order chi connectivity index (χ1) is 12.2. The molecule has 1 fully saturated rings. The van der Waals surface area contributed by atoms with E-state index in [1.165, 1.54) is 0 Å². The molecule has 3 aliphatic rings. The van der Waals surface area contributed by atoms with Crippen LogP contribution in [0, 0.1) is 5.92 Å². The van der Waals surface area contributed by atoms with Crippen molar-refractivity contribution in [1.29, 1.82) is 0 Å². The van der Waals surface area contributed by atoms with Crippen molar-refractivity contribution in [1.82, 2.24) is 0 Å². The van der Waals surface area contributed by atoms with E-state index in [1.807, 2.05) is 12.1 Å². The highest BCUT2D eigenvalue weighted by Crippen LogP contribution is 2.47. The first-order valence-electron chi connectivity index (χ1n) is 8.20. The number of esters is 1. The molecule has 2 atom stereocenters. The molecule has 2 unspecified atom stereocenters. The zero-order valence-corrected chi connectivity index (χ0v) is 13.5. The van der Waals surface area contributed by atoms with Crippen LogP contribution in [-0.2, 0) is 9.53 Å². The smallest absolute Gasteiger partial charge is 0.363 e. The molecular weight excluding hydrogens is 322 g/mol. The van der Waals surface area contributed by atoms with Crippen LogP contribution in [0.4, 0.5) is 0 Å². The lowest BCUT2D eigenvalue weighted by atomic mass is 10.2. The van der Waals surface area contributed by atoms with Gasteiger partial charge in [0.1, 0.15) is 11.5 Å². The summed E-state index contributed by atoms with van der Waals surface area (Å²) < 4.78 is 21.7. The fourth-order valence-electron chi connectivity index (χ4n) is 3.06. The number of benzene rings is 1. The number of carbonyl (C=O) groups is 1. The lowest BCUT2D eigenvalue weighted by Crippen LogP contribution is -2.05. The molecule has 0 radical (unpaired) electrons. The second kappa shape index (κ2) is 5.24. The van der Waals surface area contributed by atoms with Crippen LogP contribution in [0.3, 0.4) is 0 Å². The summed E-state index contributed by atoms with van der Waals surface area (Å²) in [4.78, 5) is 16.4. The topological polar surface area (TPSA) is 70.3 Å². The van der Waals surface area contributed by atoms with Gasteiger partial charge in [0, 0.05) is 17.6 Å². The average Bonchev–Trinajstić information content (AvgIpc) is 3.03. The highest BCUT2D eigenvalue weighted by molar-refractivity contribution is 6.12. The minimum Gasteiger partial charge on any atom is -0.461 e. The van der Waals surface area contributed by atoms with Crippen molar-refractivity contribution in [3.05, 3.63) is 53.1 Å². The molecule has 0 bridgehead atoms. The van der Waals surface area contributed by atoms with Gasteiger partial charge in [-0.3, -0.25) is 0 Å². The van der Waals surface area contributed by atoms with Crippen molar-refractivity contribution in [3.63, 3.8) is 0 Å². The molecule has 2 aliphatic heterocycles. The van der Waals surface area contributed by atoms with Gasteiger partial charge in [0.2, 0.25) is 12.7 Å². The van der Waals surface area contributed by atoms with E-state index < -0.39 is 5.97 Å². The normalized spacial score (nSPS) is 25.2. The van der Waals surface area contributed by atoms with Gasteiger partial charge in [-0.25, -0.2) is 9.79 Å². The second-order valence-electron chi connectivity index (χ2n) is 6.46. The molecule has 6 nitrogen and oxygen atoms in total. The van der Waals surface area contributed by atoms with Crippen molar-refractivity contribution in [2.75, 3.05) is 6.79 Å². The summed E-state index contributed by atoms with van der Waals surface area (Å²) >= 11 is 0. The Labute approximate surface area is 143 Å². The number of cyclic esters (lactones) is 1. The van der Waals surface area contributed by atoms with Gasteiger partial charge in [0.05, 0.1) is 0 Å². The summed E-state index contributed by atoms with van der Waals surface area (Å²) in [5, 5.41) is 0. The van der Waals surface area contributed by atoms with E-state index in [2.05, 4.69) is 11.9 Å². The van der Waals surface area contributed by atoms with Crippen LogP contribution in [0.2, 0.25) is 0 Å². The van der Waals surface area contributed by atoms with Crippen molar-refractivity contribution >= 4 is 17.9 Å². The number of fused-ring (bicyclic) bond motifs is 1. The van der Waals surface area contributed by atoms with Crippen LogP contribution >= 0.6 is 0 Å². The van der Waals surface area contributed by atoms with Crippen molar-refractivity contribution in [2.45, 2.75) is 19.3 Å². The molecule has 1 saturated carbocycles. The van der Waals surface area contributed by atoms with Gasteiger partial charge in [-0.05, 0) is 42.7 Å². The Morgan fingerprint density at radius 2 is 2.00 bits per heavy atom. The monoisotopic (exact) mass is 337 g/mol. The van der Waals surface area contributed by atoms with Crippen LogP contribution in [0.15, 0.2) is 45.4 Å². The van der Waals surface area contributed by atoms with Crippen LogP contribution in [0.25, 0.3) is 6.08 Å². The molecule has 25 heavy (non-hydrogen) atoms. The van der Waals surface area contributed by atoms with Crippen molar-refractivity contribution in [2.24, 2.45) is 10.9 Å². The molecule has 0 amide bonds. The quantitative estimate of drug-likeness (QED) is 0.633. The fourth-order valence-corrected chi connectivity index (χ4v) is 3.06. The molecule has 1 aromatic heterocycles. The minimum atomic E-state index is -0.495. The average molecular weight is 337 g/mol. The maximum atomic E-state index is 12.1. The number of aliphatic imine (C=N–C) groups is 1. The number of furan rings is 1. The number of carbonyl (C=O) groups excluding carboxylic acids is 1. The Balaban J connectivity index is 1.42. The second-order valence-corrected chi connectivity index (χ2v) is 6.46. The van der Waals surface area contributed by atoms with Gasteiger partial charge >= 0.3 is 5.97 Å². The minimum absolute atomic E-state index is 0.191. The third-order valence-corrected chi connectivity index (χ3v) is 4.64. The lowest BCUT2D eigenvalue weighted by molar-refractivity contribution is -0.129. The summed E-state index contributed by atoms with van der Waals surface area (Å²) in [5.41, 5.74) is 0.880. The van der Waals surface area contributed by atoms with E-state index in [-0.39, 0.29) is 18.4 Å². The van der Waals surface area contributed by atoms with Gasteiger partial charge < -0.3 is 18.6 Å². The van der Waals surface area contributed by atoms with E-state index in [0.717, 1.165) is 12.2 Å². The predicted octanol–water partition coefficient (Wildman–Crippen LogP) is 3.48. The summed E-state index contributed by atoms with van der Waals surface area (Å²) in [5.74, 6) is 3.77. The Kier molecular flexibility index (Phi) is 3.00. The summed E-state index contributed by atoms with van der Waals surface area (Å²) in [6, 6.07) is 9.11. The molecule has 1 aliphatic carbocycles. The highest BCUT2D eigenvalue weighted by atomic mass is 16.7. The number of nitrogens with zero attached hydrogens (tertiary/aromatic N) is 1. The molecular formula is C19H15NO5. The van der Waals surface area contributed by atoms with Crippen LogP contribution in [-0.4, -0.2) is 18.7 Å². The lowest BCUT2D eigenvalue weighted by Gasteiger charge is -2.01. The first kappa shape index (κ1) is 14.3. The third kappa shape index (κ3) is 2.50. The summed E-state index contributed by atoms with van der Waals surface area (Å²) in [7, 11) is 0. The zero-order valence-electron chi connectivity index (χ0n) is 13.5. The molecule has 0 N–H and O–H groups in total. The van der Waals surface area contributed by atoms with Gasteiger partial charge in [-0.15, -0.1) is 0 Å². The molecule has 126 valence electrons. The SMILES string of the molecule is CC1CC1c1ccc(C=C2N=C(c3ccc4c(c3)OCO4)OC2=O)o1. The van der Waals surface area contributed by atoms with Gasteiger partial charge in [-0.2, -0.15) is 0 Å². The number of ether oxygens (including phenoxy) is 3. The first-order valence-corrected chi connectivity index (χ1v) is 8.20. The number of hydrogen-bond donors (Lipinski definition) is 0. The maximum Gasteiger partial charge on any atom is 0.363 e. The number of hydrogen-bond acceptors (Lipinski definition) is 6. The van der Waals surface area contributed by atoms with Crippen molar-refractivity contribution < 1.29 is 23.4 Å². The molecule has 3 heterocycles. The fraction of sp³-hybridized carbons (Fsp3) is 0.263. The Bertz CT molecular complexity index is 939. The van der Waals surface area contributed by atoms with E-state index >= 15 is 0 Å². The van der Waals surface area contributed by atoms with E-state index in [0.29, 0.717) is 34.7 Å². The van der Waals surface area contributed by atoms with E-state index in [4.69, 9.17) is 18.6 Å². The molecule has 2 aromatic rings. The Hall–Kier alpha value is -3.02. The van der Waals surface area contributed by atoms with Gasteiger partial charge in [-0.1, -0.05) is 6.92 Å². The van der Waals surface area contributed by atoms with Gasteiger partial charge in [0.15, 0.2) is 17.2 Å². The van der Waals surface area contributed by atoms with E-state index in [1.54, 1.807) is 24.3 Å². The highest BCUT2D eigenvalue weighted by Gasteiger charge is 2.36. The number of rotatable bonds is 3. The molecule has 0 spiro atoms. The van der Waals surface area contributed by atoms with Crippen LogP contribution in [0.5, 0.6) is 11.5 Å². The summed E-state index contributed by atoms with van der Waals surface area (Å²) in [6.45, 7) is 2.39. The molecule has 0 saturated heterocycles. The van der Waals surface area contributed by atoms with Gasteiger partial charge in [0.25, 0.3) is 0 Å². The zero-order chi connectivity index (χ0) is 17.0. The molecule has 5 rings (SSSR count).